The molecule has 1 amide bonds. The Bertz CT molecular complexity index is 764. The molecule has 26 heavy (non-hydrogen) atoms. The fourth-order valence-corrected chi connectivity index (χ4v) is 2.75. The molecule has 4 nitrogen and oxygen atoms in total. The fourth-order valence-electron chi connectivity index (χ4n) is 2.75. The summed E-state index contributed by atoms with van der Waals surface area (Å²) in [6, 6.07) is 13.4. The van der Waals surface area contributed by atoms with E-state index in [-0.39, 0.29) is 30.4 Å². The van der Waals surface area contributed by atoms with Crippen LogP contribution in [0.2, 0.25) is 6.82 Å². The van der Waals surface area contributed by atoms with Gasteiger partial charge in [-0.1, -0.05) is 48.7 Å². The van der Waals surface area contributed by atoms with Gasteiger partial charge in [0, 0.05) is 13.0 Å². The van der Waals surface area contributed by atoms with Gasteiger partial charge in [0.05, 0.1) is 18.7 Å². The van der Waals surface area contributed by atoms with Gasteiger partial charge in [-0.3, -0.25) is 4.79 Å². The number of halogens is 1. The highest BCUT2D eigenvalue weighted by Crippen LogP contribution is 2.21. The summed E-state index contributed by atoms with van der Waals surface area (Å²) in [5.74, 6) is -0.901. The van der Waals surface area contributed by atoms with Crippen LogP contribution in [0.1, 0.15) is 35.3 Å². The predicted molar refractivity (Wildman–Crippen MR) is 101 cm³/mol. The van der Waals surface area contributed by atoms with E-state index in [1.807, 2.05) is 45.3 Å². The number of rotatable bonds is 7. The summed E-state index contributed by atoms with van der Waals surface area (Å²) in [6.07, 6.45) is -0.508. The van der Waals surface area contributed by atoms with E-state index in [2.05, 4.69) is 0 Å². The zero-order valence-electron chi connectivity index (χ0n) is 15.2. The van der Waals surface area contributed by atoms with Crippen LogP contribution in [0.3, 0.4) is 0 Å². The third-order valence-electron chi connectivity index (χ3n) is 4.38. The lowest BCUT2D eigenvalue weighted by molar-refractivity contribution is 0.0908. The Morgan fingerprint density at radius 3 is 2.38 bits per heavy atom. The van der Waals surface area contributed by atoms with Crippen LogP contribution in [0, 0.1) is 5.82 Å². The van der Waals surface area contributed by atoms with E-state index in [0.29, 0.717) is 0 Å². The van der Waals surface area contributed by atoms with Crippen molar-refractivity contribution in [2.75, 3.05) is 13.7 Å². The van der Waals surface area contributed by atoms with Crippen molar-refractivity contribution in [3.63, 3.8) is 0 Å². The van der Waals surface area contributed by atoms with E-state index < -0.39 is 11.9 Å². The number of methoxy groups -OCH3 is 1. The number of benzene rings is 2. The highest BCUT2D eigenvalue weighted by molar-refractivity contribution is 6.51. The van der Waals surface area contributed by atoms with Gasteiger partial charge >= 0.3 is 6.09 Å². The molecule has 0 aromatic heterocycles. The van der Waals surface area contributed by atoms with Gasteiger partial charge in [-0.25, -0.2) is 9.18 Å². The van der Waals surface area contributed by atoms with Crippen molar-refractivity contribution in [3.8, 4) is 0 Å². The molecule has 1 radical (unpaired) electrons. The molecule has 135 valence electrons. The number of hydrogen-bond donors (Lipinski definition) is 0. The topological polar surface area (TPSA) is 46.6 Å². The second kappa shape index (κ2) is 9.18. The maximum Gasteiger partial charge on any atom is 0.409 e. The van der Waals surface area contributed by atoms with Gasteiger partial charge in [-0.05, 0) is 24.6 Å². The standard InChI is InChI=1S/C20H22BFNO3/c1-14(15-8-10-16(21-2)11-9-15)23(20(25)26-3)13-12-19(24)17-6-4-5-7-18(17)22/h4-11,14H,12-13H2,1-3H3/t14-/m0/s1. The third kappa shape index (κ3) is 4.72. The molecule has 0 unspecified atom stereocenters. The fraction of sp³-hybridized carbons (Fsp3) is 0.300. The summed E-state index contributed by atoms with van der Waals surface area (Å²) >= 11 is 0. The quantitative estimate of drug-likeness (QED) is 0.564. The molecular formula is C20H22BFNO3. The maximum absolute atomic E-state index is 13.8. The van der Waals surface area contributed by atoms with E-state index in [0.717, 1.165) is 11.0 Å². The van der Waals surface area contributed by atoms with Crippen molar-refractivity contribution >= 4 is 24.6 Å². The number of amides is 1. The molecule has 0 fully saturated rings. The minimum atomic E-state index is -0.554. The molecule has 2 aromatic rings. The number of carbonyl (C=O) groups excluding carboxylic acids is 2. The lowest BCUT2D eigenvalue weighted by Crippen LogP contribution is -2.35. The summed E-state index contributed by atoms with van der Waals surface area (Å²) in [6.45, 7) is 3.96. The Morgan fingerprint density at radius 2 is 1.81 bits per heavy atom. The SMILES string of the molecule is C[B]c1ccc([C@H](C)N(CCC(=O)c2ccccc2F)C(=O)OC)cc1. The monoisotopic (exact) mass is 354 g/mol. The van der Waals surface area contributed by atoms with Crippen molar-refractivity contribution < 1.29 is 18.7 Å². The molecular weight excluding hydrogens is 332 g/mol. The Balaban J connectivity index is 2.12. The van der Waals surface area contributed by atoms with Crippen LogP contribution in [0.15, 0.2) is 48.5 Å². The normalized spacial score (nSPS) is 11.5. The van der Waals surface area contributed by atoms with E-state index in [4.69, 9.17) is 4.74 Å². The molecule has 0 spiro atoms. The average molecular weight is 354 g/mol. The van der Waals surface area contributed by atoms with Crippen molar-refractivity contribution in [2.24, 2.45) is 0 Å². The highest BCUT2D eigenvalue weighted by atomic mass is 19.1. The first kappa shape index (κ1) is 19.7. The predicted octanol–water partition coefficient (Wildman–Crippen LogP) is 3.61. The van der Waals surface area contributed by atoms with Crippen molar-refractivity contribution in [3.05, 3.63) is 65.5 Å². The van der Waals surface area contributed by atoms with E-state index in [9.17, 15) is 14.0 Å². The molecule has 2 rings (SSSR count). The van der Waals surface area contributed by atoms with Crippen LogP contribution in [-0.2, 0) is 4.74 Å². The summed E-state index contributed by atoms with van der Waals surface area (Å²) in [5.41, 5.74) is 2.05. The first-order chi connectivity index (χ1) is 12.5. The van der Waals surface area contributed by atoms with Gasteiger partial charge in [0.15, 0.2) is 5.78 Å². The zero-order valence-corrected chi connectivity index (χ0v) is 15.2. The van der Waals surface area contributed by atoms with Crippen LogP contribution < -0.4 is 5.46 Å². The Morgan fingerprint density at radius 1 is 1.15 bits per heavy atom. The Hall–Kier alpha value is -2.63. The molecule has 0 saturated carbocycles. The largest absolute Gasteiger partial charge is 0.453 e. The zero-order chi connectivity index (χ0) is 19.1. The third-order valence-corrected chi connectivity index (χ3v) is 4.38. The van der Waals surface area contributed by atoms with Crippen LogP contribution >= 0.6 is 0 Å². The van der Waals surface area contributed by atoms with Gasteiger partial charge in [-0.2, -0.15) is 0 Å². The molecule has 0 bridgehead atoms. The smallest absolute Gasteiger partial charge is 0.409 e. The van der Waals surface area contributed by atoms with Crippen molar-refractivity contribution in [2.45, 2.75) is 26.2 Å². The molecule has 0 heterocycles. The number of ketones is 1. The molecule has 0 aliphatic carbocycles. The van der Waals surface area contributed by atoms with Crippen LogP contribution in [-0.4, -0.2) is 37.7 Å². The van der Waals surface area contributed by atoms with Gasteiger partial charge in [0.1, 0.15) is 13.1 Å². The minimum absolute atomic E-state index is 0.0151. The second-order valence-electron chi connectivity index (χ2n) is 5.95. The van der Waals surface area contributed by atoms with Crippen LogP contribution in [0.4, 0.5) is 9.18 Å². The first-order valence-corrected chi connectivity index (χ1v) is 8.49. The number of nitrogens with zero attached hydrogens (tertiary/aromatic N) is 1. The molecule has 0 aliphatic rings. The first-order valence-electron chi connectivity index (χ1n) is 8.49. The summed E-state index contributed by atoms with van der Waals surface area (Å²) in [7, 11) is 3.29. The second-order valence-corrected chi connectivity index (χ2v) is 5.95. The van der Waals surface area contributed by atoms with Gasteiger partial charge in [0.2, 0.25) is 0 Å². The lowest BCUT2D eigenvalue weighted by Gasteiger charge is -2.28. The Labute approximate surface area is 154 Å². The molecule has 0 saturated heterocycles. The minimum Gasteiger partial charge on any atom is -0.453 e. The molecule has 2 aromatic carbocycles. The van der Waals surface area contributed by atoms with E-state index in [1.54, 1.807) is 6.07 Å². The van der Waals surface area contributed by atoms with Gasteiger partial charge in [-0.15, -0.1) is 0 Å². The highest BCUT2D eigenvalue weighted by Gasteiger charge is 2.23. The molecule has 6 heteroatoms. The summed E-state index contributed by atoms with van der Waals surface area (Å²) < 4.78 is 18.6. The van der Waals surface area contributed by atoms with Crippen LogP contribution in [0.25, 0.3) is 0 Å². The lowest BCUT2D eigenvalue weighted by atomic mass is 9.73. The van der Waals surface area contributed by atoms with Crippen LogP contribution in [0.5, 0.6) is 0 Å². The number of hydrogen-bond acceptors (Lipinski definition) is 3. The van der Waals surface area contributed by atoms with E-state index in [1.165, 1.54) is 30.2 Å². The number of ether oxygens (including phenoxy) is 1. The van der Waals surface area contributed by atoms with E-state index >= 15 is 0 Å². The van der Waals surface area contributed by atoms with Crippen molar-refractivity contribution in [1.29, 1.82) is 0 Å². The van der Waals surface area contributed by atoms with Gasteiger partial charge in [0.25, 0.3) is 0 Å². The number of carbonyl (C=O) groups is 2. The van der Waals surface area contributed by atoms with Crippen molar-refractivity contribution in [1.82, 2.24) is 4.90 Å². The Kier molecular flexibility index (Phi) is 6.95. The van der Waals surface area contributed by atoms with Gasteiger partial charge < -0.3 is 9.64 Å². The molecule has 0 aliphatic heterocycles. The summed E-state index contributed by atoms with van der Waals surface area (Å²) in [5, 5.41) is 0. The summed E-state index contributed by atoms with van der Waals surface area (Å²) in [4.78, 5) is 26.0. The molecule has 1 atom stereocenters. The maximum atomic E-state index is 13.8. The number of Topliss-reactive ketones (excluding diaryl/α,β-unsaturated/α-hetero) is 1. The average Bonchev–Trinajstić information content (AvgIpc) is 2.67. The molecule has 0 N–H and O–H groups in total.